The van der Waals surface area contributed by atoms with Crippen LogP contribution in [0.4, 0.5) is 5.00 Å². The summed E-state index contributed by atoms with van der Waals surface area (Å²) in [5, 5.41) is 2.96. The topological polar surface area (TPSA) is 81.7 Å². The van der Waals surface area contributed by atoms with Crippen molar-refractivity contribution in [2.24, 2.45) is 0 Å². The molecule has 0 spiro atoms. The minimum Gasteiger partial charge on any atom is -0.465 e. The summed E-state index contributed by atoms with van der Waals surface area (Å²) in [5.74, 6) is -1.47. The van der Waals surface area contributed by atoms with Gasteiger partial charge in [0.15, 0.2) is 0 Å². The molecule has 7 heteroatoms. The van der Waals surface area contributed by atoms with Gasteiger partial charge >= 0.3 is 11.9 Å². The zero-order chi connectivity index (χ0) is 17.7. The van der Waals surface area contributed by atoms with Gasteiger partial charge in [0, 0.05) is 0 Å². The Hall–Kier alpha value is -2.67. The highest BCUT2D eigenvalue weighted by Crippen LogP contribution is 2.34. The highest BCUT2D eigenvalue weighted by Gasteiger charge is 2.26. The number of ether oxygens (including phenoxy) is 2. The third-order valence-electron chi connectivity index (χ3n) is 3.37. The Morgan fingerprint density at radius 1 is 1.04 bits per heavy atom. The molecule has 0 radical (unpaired) electrons. The third kappa shape index (κ3) is 3.80. The van der Waals surface area contributed by atoms with Gasteiger partial charge in [0.25, 0.3) is 0 Å². The van der Waals surface area contributed by atoms with Gasteiger partial charge < -0.3 is 14.8 Å². The van der Waals surface area contributed by atoms with Crippen molar-refractivity contribution in [1.29, 1.82) is 0 Å². The van der Waals surface area contributed by atoms with E-state index in [-0.39, 0.29) is 27.8 Å². The summed E-state index contributed by atoms with van der Waals surface area (Å²) in [5.41, 5.74) is 1.44. The number of esters is 2. The van der Waals surface area contributed by atoms with Gasteiger partial charge in [0.05, 0.1) is 26.2 Å². The van der Waals surface area contributed by atoms with Gasteiger partial charge in [0.1, 0.15) is 9.88 Å². The van der Waals surface area contributed by atoms with E-state index in [1.54, 1.807) is 6.92 Å². The Morgan fingerprint density at radius 2 is 1.67 bits per heavy atom. The van der Waals surface area contributed by atoms with Gasteiger partial charge in [-0.2, -0.15) is 0 Å². The molecule has 1 amide bonds. The lowest BCUT2D eigenvalue weighted by Gasteiger charge is -2.06. The molecule has 0 atom stereocenters. The molecular formula is C17H17NO5S. The molecule has 2 rings (SSSR count). The summed E-state index contributed by atoms with van der Waals surface area (Å²) in [6.45, 7) is 1.61. The van der Waals surface area contributed by atoms with Crippen molar-refractivity contribution in [1.82, 2.24) is 0 Å². The molecule has 0 fully saturated rings. The van der Waals surface area contributed by atoms with E-state index in [1.165, 1.54) is 14.2 Å². The Kier molecular flexibility index (Phi) is 5.70. The van der Waals surface area contributed by atoms with Crippen LogP contribution in [0.5, 0.6) is 0 Å². The number of hydrogen-bond acceptors (Lipinski definition) is 6. The van der Waals surface area contributed by atoms with E-state index < -0.39 is 11.9 Å². The van der Waals surface area contributed by atoms with Crippen LogP contribution < -0.4 is 5.32 Å². The number of nitrogens with one attached hydrogen (secondary N) is 1. The SMILES string of the molecule is COC(=O)c1sc(NC(=O)Cc2ccccc2)c(C(=O)OC)c1C. The molecule has 1 N–H and O–H groups in total. The zero-order valence-corrected chi connectivity index (χ0v) is 14.4. The first-order chi connectivity index (χ1) is 11.5. The second-order valence-corrected chi connectivity index (χ2v) is 5.97. The van der Waals surface area contributed by atoms with Crippen molar-refractivity contribution < 1.29 is 23.9 Å². The molecule has 0 aliphatic rings. The van der Waals surface area contributed by atoms with Gasteiger partial charge in [-0.3, -0.25) is 4.79 Å². The average Bonchev–Trinajstić information content (AvgIpc) is 2.90. The summed E-state index contributed by atoms with van der Waals surface area (Å²) >= 11 is 0.994. The van der Waals surface area contributed by atoms with E-state index in [9.17, 15) is 14.4 Å². The van der Waals surface area contributed by atoms with Crippen molar-refractivity contribution in [3.8, 4) is 0 Å². The normalized spacial score (nSPS) is 10.1. The molecule has 0 aliphatic heterocycles. The van der Waals surface area contributed by atoms with Crippen LogP contribution in [-0.4, -0.2) is 32.1 Å². The summed E-state index contributed by atoms with van der Waals surface area (Å²) in [4.78, 5) is 36.3. The average molecular weight is 347 g/mol. The van der Waals surface area contributed by atoms with Crippen LogP contribution in [0, 0.1) is 6.92 Å². The van der Waals surface area contributed by atoms with E-state index in [0.717, 1.165) is 16.9 Å². The number of methoxy groups -OCH3 is 2. The van der Waals surface area contributed by atoms with Gasteiger partial charge in [-0.05, 0) is 18.1 Å². The molecular weight excluding hydrogens is 330 g/mol. The summed E-state index contributed by atoms with van der Waals surface area (Å²) in [6, 6.07) is 9.21. The molecule has 126 valence electrons. The maximum absolute atomic E-state index is 12.2. The van der Waals surface area contributed by atoms with Gasteiger partial charge in [0.2, 0.25) is 5.91 Å². The molecule has 0 saturated carbocycles. The molecule has 1 aromatic heterocycles. The molecule has 24 heavy (non-hydrogen) atoms. The minimum absolute atomic E-state index is 0.159. The molecule has 0 saturated heterocycles. The molecule has 0 aliphatic carbocycles. The van der Waals surface area contributed by atoms with Crippen LogP contribution in [0.1, 0.15) is 31.2 Å². The number of hydrogen-bond donors (Lipinski definition) is 1. The van der Waals surface area contributed by atoms with Crippen LogP contribution in [0.3, 0.4) is 0 Å². The summed E-state index contributed by atoms with van der Waals surface area (Å²) < 4.78 is 9.45. The van der Waals surface area contributed by atoms with Crippen molar-refractivity contribution in [3.63, 3.8) is 0 Å². The van der Waals surface area contributed by atoms with Crippen LogP contribution in [0.25, 0.3) is 0 Å². The van der Waals surface area contributed by atoms with Gasteiger partial charge in [-0.25, -0.2) is 9.59 Å². The lowest BCUT2D eigenvalue weighted by atomic mass is 10.1. The maximum atomic E-state index is 12.2. The molecule has 1 aromatic carbocycles. The number of carbonyl (C=O) groups is 3. The fourth-order valence-corrected chi connectivity index (χ4v) is 3.32. The summed E-state index contributed by atoms with van der Waals surface area (Å²) in [6.07, 6.45) is 0.159. The predicted octanol–water partition coefficient (Wildman–Crippen LogP) is 2.81. The lowest BCUT2D eigenvalue weighted by molar-refractivity contribution is -0.115. The molecule has 0 bridgehead atoms. The predicted molar refractivity (Wildman–Crippen MR) is 90.5 cm³/mol. The fourth-order valence-electron chi connectivity index (χ4n) is 2.19. The number of anilines is 1. The highest BCUT2D eigenvalue weighted by atomic mass is 32.1. The van der Waals surface area contributed by atoms with E-state index in [1.807, 2.05) is 30.3 Å². The van der Waals surface area contributed by atoms with Crippen molar-refractivity contribution in [3.05, 3.63) is 51.9 Å². The van der Waals surface area contributed by atoms with E-state index in [2.05, 4.69) is 5.32 Å². The first-order valence-electron chi connectivity index (χ1n) is 7.11. The third-order valence-corrected chi connectivity index (χ3v) is 4.55. The molecule has 2 aromatic rings. The monoisotopic (exact) mass is 347 g/mol. The van der Waals surface area contributed by atoms with Crippen molar-refractivity contribution in [2.45, 2.75) is 13.3 Å². The largest absolute Gasteiger partial charge is 0.465 e. The van der Waals surface area contributed by atoms with Crippen LogP contribution in [-0.2, 0) is 20.7 Å². The molecule has 1 heterocycles. The zero-order valence-electron chi connectivity index (χ0n) is 13.5. The van der Waals surface area contributed by atoms with Crippen LogP contribution in [0.15, 0.2) is 30.3 Å². The number of benzene rings is 1. The first-order valence-corrected chi connectivity index (χ1v) is 7.93. The number of rotatable bonds is 5. The standard InChI is InChI=1S/C17H17NO5S/c1-10-13(16(20)22-2)15(24-14(10)17(21)23-3)18-12(19)9-11-7-5-4-6-8-11/h4-8H,9H2,1-3H3,(H,18,19). The second-order valence-electron chi connectivity index (χ2n) is 4.95. The number of amides is 1. The number of carbonyl (C=O) groups excluding carboxylic acids is 3. The van der Waals surface area contributed by atoms with E-state index >= 15 is 0 Å². The quantitative estimate of drug-likeness (QED) is 0.841. The number of thiophene rings is 1. The first kappa shape index (κ1) is 17.7. The van der Waals surface area contributed by atoms with Gasteiger partial charge in [-0.15, -0.1) is 11.3 Å². The Morgan fingerprint density at radius 3 is 2.25 bits per heavy atom. The Bertz CT molecular complexity index is 767. The maximum Gasteiger partial charge on any atom is 0.348 e. The van der Waals surface area contributed by atoms with E-state index in [4.69, 9.17) is 9.47 Å². The van der Waals surface area contributed by atoms with Crippen molar-refractivity contribution >= 4 is 34.2 Å². The fraction of sp³-hybridized carbons (Fsp3) is 0.235. The molecule has 0 unspecified atom stereocenters. The highest BCUT2D eigenvalue weighted by molar-refractivity contribution is 7.18. The smallest absolute Gasteiger partial charge is 0.348 e. The van der Waals surface area contributed by atoms with Crippen LogP contribution >= 0.6 is 11.3 Å². The van der Waals surface area contributed by atoms with Crippen LogP contribution in [0.2, 0.25) is 0 Å². The second kappa shape index (κ2) is 7.74. The minimum atomic E-state index is -0.617. The van der Waals surface area contributed by atoms with Crippen molar-refractivity contribution in [2.75, 3.05) is 19.5 Å². The Balaban J connectivity index is 2.29. The Labute approximate surface area is 143 Å². The van der Waals surface area contributed by atoms with Gasteiger partial charge in [-0.1, -0.05) is 30.3 Å². The van der Waals surface area contributed by atoms with E-state index in [0.29, 0.717) is 5.56 Å². The lowest BCUT2D eigenvalue weighted by Crippen LogP contribution is -2.16. The molecule has 6 nitrogen and oxygen atoms in total. The summed E-state index contributed by atoms with van der Waals surface area (Å²) in [7, 11) is 2.50.